The number of allylic oxidation sites excluding steroid dienone is 2. The van der Waals surface area contributed by atoms with Crippen LogP contribution in [0.1, 0.15) is 31.1 Å². The Morgan fingerprint density at radius 1 is 1.27 bits per heavy atom. The van der Waals surface area contributed by atoms with E-state index < -0.39 is 0 Å². The van der Waals surface area contributed by atoms with Crippen LogP contribution >= 0.6 is 0 Å². The first kappa shape index (κ1) is 11.5. The molecule has 1 rings (SSSR count). The average Bonchev–Trinajstić information content (AvgIpc) is 2.17. The van der Waals surface area contributed by atoms with E-state index in [0.717, 1.165) is 5.70 Å². The van der Waals surface area contributed by atoms with Crippen LogP contribution in [0.25, 0.3) is 0 Å². The van der Waals surface area contributed by atoms with E-state index in [1.54, 1.807) is 12.1 Å². The third-order valence-corrected chi connectivity index (χ3v) is 1.93. The van der Waals surface area contributed by atoms with E-state index in [9.17, 15) is 4.79 Å². The molecule has 1 N–H and O–H groups in total. The molecule has 0 aromatic heterocycles. The summed E-state index contributed by atoms with van der Waals surface area (Å²) in [5, 5.41) is 2.85. The van der Waals surface area contributed by atoms with Gasteiger partial charge >= 0.3 is 0 Å². The molecule has 0 saturated heterocycles. The zero-order valence-corrected chi connectivity index (χ0v) is 9.45. The summed E-state index contributed by atoms with van der Waals surface area (Å²) in [5.41, 5.74) is 1.59. The van der Waals surface area contributed by atoms with Gasteiger partial charge in [-0.25, -0.2) is 0 Å². The average molecular weight is 203 g/mol. The maximum Gasteiger partial charge on any atom is 0.255 e. The normalized spacial score (nSPS) is 11.6. The van der Waals surface area contributed by atoms with E-state index >= 15 is 0 Å². The number of nitrogens with one attached hydrogen (secondary N) is 1. The van der Waals surface area contributed by atoms with Crippen molar-refractivity contribution in [3.63, 3.8) is 0 Å². The lowest BCUT2D eigenvalue weighted by Crippen LogP contribution is -2.21. The smallest absolute Gasteiger partial charge is 0.255 e. The number of benzene rings is 1. The SMILES string of the molecule is C/C(=C\C(C)C)NC(=O)c1ccccc1. The highest BCUT2D eigenvalue weighted by Crippen LogP contribution is 2.02. The van der Waals surface area contributed by atoms with E-state index in [4.69, 9.17) is 0 Å². The zero-order valence-electron chi connectivity index (χ0n) is 9.45. The second-order valence-corrected chi connectivity index (χ2v) is 3.91. The van der Waals surface area contributed by atoms with Crippen molar-refractivity contribution in [3.05, 3.63) is 47.7 Å². The third kappa shape index (κ3) is 3.98. The number of carbonyl (C=O) groups excluding carboxylic acids is 1. The largest absolute Gasteiger partial charge is 0.326 e. The molecule has 0 aliphatic heterocycles. The molecule has 0 aliphatic carbocycles. The molecule has 0 fully saturated rings. The van der Waals surface area contributed by atoms with E-state index in [0.29, 0.717) is 11.5 Å². The Balaban J connectivity index is 2.65. The van der Waals surface area contributed by atoms with E-state index in [-0.39, 0.29) is 5.91 Å². The Morgan fingerprint density at radius 3 is 2.40 bits per heavy atom. The van der Waals surface area contributed by atoms with Crippen LogP contribution in [-0.4, -0.2) is 5.91 Å². The standard InChI is InChI=1S/C13H17NO/c1-10(2)9-11(3)14-13(15)12-7-5-4-6-8-12/h4-10H,1-3H3,(H,14,15)/b11-9+. The van der Waals surface area contributed by atoms with Gasteiger partial charge in [-0.3, -0.25) is 4.79 Å². The molecule has 15 heavy (non-hydrogen) atoms. The fourth-order valence-electron chi connectivity index (χ4n) is 1.38. The Hall–Kier alpha value is -1.57. The Kier molecular flexibility index (Phi) is 4.10. The van der Waals surface area contributed by atoms with Crippen LogP contribution in [0, 0.1) is 5.92 Å². The first-order valence-electron chi connectivity index (χ1n) is 5.14. The molecule has 0 bridgehead atoms. The van der Waals surface area contributed by atoms with Gasteiger partial charge in [0.05, 0.1) is 0 Å². The maximum atomic E-state index is 11.7. The van der Waals surface area contributed by atoms with Crippen molar-refractivity contribution in [2.75, 3.05) is 0 Å². The molecular weight excluding hydrogens is 186 g/mol. The van der Waals surface area contributed by atoms with Crippen LogP contribution in [0.2, 0.25) is 0 Å². The Morgan fingerprint density at radius 2 is 1.87 bits per heavy atom. The van der Waals surface area contributed by atoms with E-state index in [2.05, 4.69) is 19.2 Å². The van der Waals surface area contributed by atoms with Gasteiger partial charge in [-0.05, 0) is 25.0 Å². The van der Waals surface area contributed by atoms with Crippen molar-refractivity contribution in [2.45, 2.75) is 20.8 Å². The highest BCUT2D eigenvalue weighted by Gasteiger charge is 2.03. The van der Waals surface area contributed by atoms with Gasteiger partial charge in [0.15, 0.2) is 0 Å². The van der Waals surface area contributed by atoms with Gasteiger partial charge in [0.2, 0.25) is 0 Å². The van der Waals surface area contributed by atoms with Crippen molar-refractivity contribution >= 4 is 5.91 Å². The van der Waals surface area contributed by atoms with Crippen LogP contribution in [0.15, 0.2) is 42.1 Å². The minimum Gasteiger partial charge on any atom is -0.326 e. The van der Waals surface area contributed by atoms with Gasteiger partial charge in [-0.2, -0.15) is 0 Å². The van der Waals surface area contributed by atoms with Crippen LogP contribution in [0.5, 0.6) is 0 Å². The highest BCUT2D eigenvalue weighted by atomic mass is 16.1. The number of amides is 1. The van der Waals surface area contributed by atoms with E-state index in [1.807, 2.05) is 31.2 Å². The quantitative estimate of drug-likeness (QED) is 0.804. The Bertz CT molecular complexity index is 352. The minimum absolute atomic E-state index is 0.0509. The van der Waals surface area contributed by atoms with Crippen LogP contribution in [0.3, 0.4) is 0 Å². The Labute approximate surface area is 91.0 Å². The lowest BCUT2D eigenvalue weighted by Gasteiger charge is -2.06. The molecule has 2 heteroatoms. The van der Waals surface area contributed by atoms with Gasteiger partial charge in [0.1, 0.15) is 0 Å². The molecule has 1 amide bonds. The molecular formula is C13H17NO. The lowest BCUT2D eigenvalue weighted by molar-refractivity contribution is 0.0966. The second kappa shape index (κ2) is 5.35. The monoisotopic (exact) mass is 203 g/mol. The summed E-state index contributed by atoms with van der Waals surface area (Å²) in [6.45, 7) is 6.07. The van der Waals surface area contributed by atoms with Crippen molar-refractivity contribution in [3.8, 4) is 0 Å². The summed E-state index contributed by atoms with van der Waals surface area (Å²) < 4.78 is 0. The number of carbonyl (C=O) groups is 1. The van der Waals surface area contributed by atoms with Gasteiger partial charge in [-0.1, -0.05) is 38.1 Å². The second-order valence-electron chi connectivity index (χ2n) is 3.91. The maximum absolute atomic E-state index is 11.7. The fourth-order valence-corrected chi connectivity index (χ4v) is 1.38. The zero-order chi connectivity index (χ0) is 11.3. The predicted molar refractivity (Wildman–Crippen MR) is 62.5 cm³/mol. The van der Waals surface area contributed by atoms with Gasteiger partial charge in [0, 0.05) is 11.3 Å². The van der Waals surface area contributed by atoms with Crippen molar-refractivity contribution in [2.24, 2.45) is 5.92 Å². The summed E-state index contributed by atoms with van der Waals surface area (Å²) in [5.74, 6) is 0.395. The van der Waals surface area contributed by atoms with Crippen molar-refractivity contribution < 1.29 is 4.79 Å². The van der Waals surface area contributed by atoms with Crippen molar-refractivity contribution in [1.29, 1.82) is 0 Å². The summed E-state index contributed by atoms with van der Waals surface area (Å²) in [4.78, 5) is 11.7. The van der Waals surface area contributed by atoms with Crippen molar-refractivity contribution in [1.82, 2.24) is 5.32 Å². The molecule has 0 heterocycles. The van der Waals surface area contributed by atoms with Crippen LogP contribution in [0.4, 0.5) is 0 Å². The molecule has 2 nitrogen and oxygen atoms in total. The lowest BCUT2D eigenvalue weighted by atomic mass is 10.1. The first-order chi connectivity index (χ1) is 7.09. The van der Waals surface area contributed by atoms with Gasteiger partial charge in [0.25, 0.3) is 5.91 Å². The summed E-state index contributed by atoms with van der Waals surface area (Å²) >= 11 is 0. The molecule has 1 aromatic carbocycles. The molecule has 0 spiro atoms. The summed E-state index contributed by atoms with van der Waals surface area (Å²) in [6.07, 6.45) is 2.03. The molecule has 0 radical (unpaired) electrons. The predicted octanol–water partition coefficient (Wildman–Crippen LogP) is 2.98. The molecule has 1 aromatic rings. The molecule has 0 aliphatic rings. The van der Waals surface area contributed by atoms with Gasteiger partial charge < -0.3 is 5.32 Å². The number of hydrogen-bond acceptors (Lipinski definition) is 1. The summed E-state index contributed by atoms with van der Waals surface area (Å²) in [6, 6.07) is 9.22. The number of hydrogen-bond donors (Lipinski definition) is 1. The molecule has 0 saturated carbocycles. The molecule has 80 valence electrons. The minimum atomic E-state index is -0.0509. The summed E-state index contributed by atoms with van der Waals surface area (Å²) in [7, 11) is 0. The van der Waals surface area contributed by atoms with Gasteiger partial charge in [-0.15, -0.1) is 0 Å². The third-order valence-electron chi connectivity index (χ3n) is 1.93. The molecule has 0 unspecified atom stereocenters. The van der Waals surface area contributed by atoms with Crippen LogP contribution < -0.4 is 5.32 Å². The number of rotatable bonds is 3. The topological polar surface area (TPSA) is 29.1 Å². The first-order valence-corrected chi connectivity index (χ1v) is 5.14. The van der Waals surface area contributed by atoms with E-state index in [1.165, 1.54) is 0 Å². The fraction of sp³-hybridized carbons (Fsp3) is 0.308. The molecule has 0 atom stereocenters. The highest BCUT2D eigenvalue weighted by molar-refractivity contribution is 5.95. The van der Waals surface area contributed by atoms with Crippen LogP contribution in [-0.2, 0) is 0 Å².